The lowest BCUT2D eigenvalue weighted by Gasteiger charge is -2.19. The summed E-state index contributed by atoms with van der Waals surface area (Å²) in [7, 11) is 0. The zero-order valence-corrected chi connectivity index (χ0v) is 21.7. The zero-order valence-electron chi connectivity index (χ0n) is 21.7. The summed E-state index contributed by atoms with van der Waals surface area (Å²) in [6, 6.07) is 29.2. The number of allylic oxidation sites excluding steroid dienone is 2. The predicted octanol–water partition coefficient (Wildman–Crippen LogP) is 8.70. The monoisotopic (exact) mass is 474 g/mol. The van der Waals surface area contributed by atoms with Crippen molar-refractivity contribution in [2.75, 3.05) is 0 Å². The number of ether oxygens (including phenoxy) is 2. The smallest absolute Gasteiger partial charge is 0.123 e. The van der Waals surface area contributed by atoms with Gasteiger partial charge >= 0.3 is 0 Å². The van der Waals surface area contributed by atoms with Crippen LogP contribution in [0.5, 0.6) is 11.5 Å². The predicted molar refractivity (Wildman–Crippen MR) is 151 cm³/mol. The van der Waals surface area contributed by atoms with Crippen molar-refractivity contribution in [3.05, 3.63) is 148 Å². The van der Waals surface area contributed by atoms with Gasteiger partial charge in [-0.3, -0.25) is 0 Å². The van der Waals surface area contributed by atoms with E-state index in [1.807, 2.05) is 42.5 Å². The van der Waals surface area contributed by atoms with E-state index in [1.165, 1.54) is 22.3 Å². The van der Waals surface area contributed by atoms with Crippen molar-refractivity contribution < 1.29 is 9.47 Å². The van der Waals surface area contributed by atoms with Gasteiger partial charge in [-0.25, -0.2) is 0 Å². The van der Waals surface area contributed by atoms with Gasteiger partial charge in [0, 0.05) is 0 Å². The third-order valence-corrected chi connectivity index (χ3v) is 6.38. The highest BCUT2D eigenvalue weighted by molar-refractivity contribution is 5.85. The SMILES string of the molecule is C=CC=C(c1cc(C)c(OCc2ccccc2)cc1C)c1cc(C)c(OCc2ccccc2)cc1C. The van der Waals surface area contributed by atoms with E-state index in [9.17, 15) is 0 Å². The number of rotatable bonds is 9. The highest BCUT2D eigenvalue weighted by Crippen LogP contribution is 2.35. The molecule has 0 heterocycles. The summed E-state index contributed by atoms with van der Waals surface area (Å²) in [6.07, 6.45) is 3.96. The molecule has 0 fully saturated rings. The van der Waals surface area contributed by atoms with Crippen molar-refractivity contribution in [2.24, 2.45) is 0 Å². The Bertz CT molecular complexity index is 1260. The largest absolute Gasteiger partial charge is 0.489 e. The molecule has 0 aliphatic carbocycles. The Morgan fingerprint density at radius 2 is 1.03 bits per heavy atom. The molecule has 0 saturated heterocycles. The number of aryl methyl sites for hydroxylation is 4. The van der Waals surface area contributed by atoms with E-state index < -0.39 is 0 Å². The molecule has 36 heavy (non-hydrogen) atoms. The second-order valence-electron chi connectivity index (χ2n) is 9.23. The maximum absolute atomic E-state index is 6.17. The van der Waals surface area contributed by atoms with Crippen LogP contribution in [0, 0.1) is 27.7 Å². The molecule has 0 atom stereocenters. The Kier molecular flexibility index (Phi) is 8.07. The summed E-state index contributed by atoms with van der Waals surface area (Å²) in [4.78, 5) is 0. The van der Waals surface area contributed by atoms with Gasteiger partial charge in [0.05, 0.1) is 0 Å². The van der Waals surface area contributed by atoms with E-state index in [-0.39, 0.29) is 0 Å². The van der Waals surface area contributed by atoms with Gasteiger partial charge in [-0.15, -0.1) is 0 Å². The first kappa shape index (κ1) is 25.1. The molecule has 0 amide bonds. The molecule has 4 aromatic carbocycles. The van der Waals surface area contributed by atoms with Crippen molar-refractivity contribution in [3.63, 3.8) is 0 Å². The Hall–Kier alpha value is -4.04. The van der Waals surface area contributed by atoms with Crippen LogP contribution in [-0.4, -0.2) is 0 Å². The fraction of sp³-hybridized carbons (Fsp3) is 0.176. The Morgan fingerprint density at radius 1 is 0.611 bits per heavy atom. The molecule has 2 nitrogen and oxygen atoms in total. The molecule has 0 saturated carbocycles. The van der Waals surface area contributed by atoms with Gasteiger partial charge in [-0.05, 0) is 102 Å². The number of hydrogen-bond acceptors (Lipinski definition) is 2. The molecule has 0 unspecified atom stereocenters. The van der Waals surface area contributed by atoms with Gasteiger partial charge in [0.2, 0.25) is 0 Å². The van der Waals surface area contributed by atoms with Gasteiger partial charge in [-0.2, -0.15) is 0 Å². The Morgan fingerprint density at radius 3 is 1.42 bits per heavy atom. The second-order valence-corrected chi connectivity index (χ2v) is 9.23. The first-order valence-electron chi connectivity index (χ1n) is 12.4. The molecular formula is C34H34O2. The molecule has 0 aliphatic rings. The number of hydrogen-bond donors (Lipinski definition) is 0. The second kappa shape index (κ2) is 11.6. The zero-order chi connectivity index (χ0) is 25.5. The summed E-state index contributed by atoms with van der Waals surface area (Å²) >= 11 is 0. The molecule has 182 valence electrons. The molecule has 4 rings (SSSR count). The highest BCUT2D eigenvalue weighted by atomic mass is 16.5. The molecule has 4 aromatic rings. The quantitative estimate of drug-likeness (QED) is 0.226. The lowest BCUT2D eigenvalue weighted by atomic mass is 9.89. The minimum absolute atomic E-state index is 0.554. The van der Waals surface area contributed by atoms with E-state index in [1.54, 1.807) is 0 Å². The molecule has 2 heteroatoms. The molecular weight excluding hydrogens is 440 g/mol. The van der Waals surface area contributed by atoms with Crippen molar-refractivity contribution in [1.29, 1.82) is 0 Å². The highest BCUT2D eigenvalue weighted by Gasteiger charge is 2.15. The van der Waals surface area contributed by atoms with Crippen LogP contribution in [0.15, 0.2) is 104 Å². The van der Waals surface area contributed by atoms with Crippen LogP contribution < -0.4 is 9.47 Å². The first-order chi connectivity index (χ1) is 17.5. The van der Waals surface area contributed by atoms with Crippen molar-refractivity contribution in [1.82, 2.24) is 0 Å². The molecule has 0 N–H and O–H groups in total. The third-order valence-electron chi connectivity index (χ3n) is 6.38. The van der Waals surface area contributed by atoms with E-state index in [2.05, 4.69) is 88.9 Å². The Balaban J connectivity index is 1.61. The van der Waals surface area contributed by atoms with Gasteiger partial charge in [0.1, 0.15) is 24.7 Å². The first-order valence-corrected chi connectivity index (χ1v) is 12.4. The van der Waals surface area contributed by atoms with E-state index >= 15 is 0 Å². The van der Waals surface area contributed by atoms with Crippen molar-refractivity contribution >= 4 is 5.57 Å². The summed E-state index contributed by atoms with van der Waals surface area (Å²) in [5, 5.41) is 0. The lowest BCUT2D eigenvalue weighted by Crippen LogP contribution is -2.02. The molecule has 0 bridgehead atoms. The minimum atomic E-state index is 0.554. The van der Waals surface area contributed by atoms with Gasteiger partial charge < -0.3 is 9.47 Å². The van der Waals surface area contributed by atoms with Crippen LogP contribution in [0.2, 0.25) is 0 Å². The molecule has 0 radical (unpaired) electrons. The van der Waals surface area contributed by atoms with Gasteiger partial charge in [0.15, 0.2) is 0 Å². The summed E-state index contributed by atoms with van der Waals surface area (Å²) in [6.45, 7) is 13.6. The summed E-state index contributed by atoms with van der Waals surface area (Å²) < 4.78 is 12.3. The van der Waals surface area contributed by atoms with Crippen LogP contribution in [0.3, 0.4) is 0 Å². The van der Waals surface area contributed by atoms with Crippen LogP contribution in [0.4, 0.5) is 0 Å². The average molecular weight is 475 g/mol. The number of benzene rings is 4. The molecule has 0 spiro atoms. The van der Waals surface area contributed by atoms with Crippen LogP contribution in [-0.2, 0) is 13.2 Å². The van der Waals surface area contributed by atoms with Gasteiger partial charge in [-0.1, -0.05) is 79.4 Å². The third kappa shape index (κ3) is 5.95. The van der Waals surface area contributed by atoms with Crippen molar-refractivity contribution in [2.45, 2.75) is 40.9 Å². The summed E-state index contributed by atoms with van der Waals surface area (Å²) in [5.41, 5.74) is 10.4. The van der Waals surface area contributed by atoms with Crippen LogP contribution >= 0.6 is 0 Å². The van der Waals surface area contributed by atoms with Crippen LogP contribution in [0.25, 0.3) is 5.57 Å². The van der Waals surface area contributed by atoms with E-state index in [0.29, 0.717) is 13.2 Å². The van der Waals surface area contributed by atoms with Gasteiger partial charge in [0.25, 0.3) is 0 Å². The lowest BCUT2D eigenvalue weighted by molar-refractivity contribution is 0.304. The maximum Gasteiger partial charge on any atom is 0.123 e. The van der Waals surface area contributed by atoms with E-state index in [4.69, 9.17) is 9.47 Å². The van der Waals surface area contributed by atoms with Crippen LogP contribution in [0.1, 0.15) is 44.5 Å². The summed E-state index contributed by atoms with van der Waals surface area (Å²) in [5.74, 6) is 1.83. The average Bonchev–Trinajstić information content (AvgIpc) is 2.89. The molecule has 0 aromatic heterocycles. The maximum atomic E-state index is 6.17. The minimum Gasteiger partial charge on any atom is -0.489 e. The topological polar surface area (TPSA) is 18.5 Å². The fourth-order valence-corrected chi connectivity index (χ4v) is 4.38. The normalized spacial score (nSPS) is 10.6. The Labute approximate surface area is 215 Å². The molecule has 0 aliphatic heterocycles. The standard InChI is InChI=1S/C34H34O2/c1-6-13-30(31-18-26(4)33(20-24(31)2)35-22-28-14-9-7-10-15-28)32-19-27(5)34(21-25(32)3)36-23-29-16-11-8-12-17-29/h6-21H,1,22-23H2,2-5H3. The van der Waals surface area contributed by atoms with E-state index in [0.717, 1.165) is 39.3 Å². The fourth-order valence-electron chi connectivity index (χ4n) is 4.38. The van der Waals surface area contributed by atoms with Crippen molar-refractivity contribution in [3.8, 4) is 11.5 Å².